The summed E-state index contributed by atoms with van der Waals surface area (Å²) in [6.07, 6.45) is 5.34. The highest BCUT2D eigenvalue weighted by atomic mass is 16.4. The number of likely N-dealkylation sites (tertiary alicyclic amines) is 1. The van der Waals surface area contributed by atoms with Gasteiger partial charge in [-0.15, -0.1) is 0 Å². The number of aromatic nitrogens is 2. The number of carboxylic acids is 1. The second-order valence-electron chi connectivity index (χ2n) is 5.20. The van der Waals surface area contributed by atoms with Crippen LogP contribution in [0, 0.1) is 0 Å². The largest absolute Gasteiger partial charge is 0.481 e. The number of rotatable bonds is 5. The van der Waals surface area contributed by atoms with Crippen molar-refractivity contribution in [2.45, 2.75) is 32.1 Å². The van der Waals surface area contributed by atoms with Crippen LogP contribution in [0.25, 0.3) is 0 Å². The van der Waals surface area contributed by atoms with Crippen LogP contribution in [0.5, 0.6) is 0 Å². The molecule has 1 aromatic heterocycles. The average molecular weight is 292 g/mol. The van der Waals surface area contributed by atoms with E-state index in [1.165, 1.54) is 0 Å². The number of aliphatic carboxylic acids is 1. The summed E-state index contributed by atoms with van der Waals surface area (Å²) in [5, 5.41) is 11.5. The van der Waals surface area contributed by atoms with Crippen LogP contribution in [0.3, 0.4) is 0 Å². The fourth-order valence-corrected chi connectivity index (χ4v) is 2.44. The van der Waals surface area contributed by atoms with E-state index in [0.29, 0.717) is 18.9 Å². The SMILES string of the molecule is CC(=O)N1CCC[C@@H](c2cnc(NCCC(=O)O)cn2)C1. The molecule has 1 aromatic rings. The first-order valence-electron chi connectivity index (χ1n) is 7.09. The van der Waals surface area contributed by atoms with E-state index in [0.717, 1.165) is 25.1 Å². The second kappa shape index (κ2) is 7.01. The first kappa shape index (κ1) is 15.2. The Kier molecular flexibility index (Phi) is 5.08. The molecule has 1 fully saturated rings. The van der Waals surface area contributed by atoms with Gasteiger partial charge in [0.1, 0.15) is 5.82 Å². The molecule has 0 aromatic carbocycles. The van der Waals surface area contributed by atoms with Gasteiger partial charge in [0, 0.05) is 32.5 Å². The Bertz CT molecular complexity index is 503. The summed E-state index contributed by atoms with van der Waals surface area (Å²) in [7, 11) is 0. The summed E-state index contributed by atoms with van der Waals surface area (Å²) in [4.78, 5) is 32.3. The molecule has 0 saturated carbocycles. The van der Waals surface area contributed by atoms with Crippen LogP contribution in [0.2, 0.25) is 0 Å². The molecule has 0 spiro atoms. The van der Waals surface area contributed by atoms with Gasteiger partial charge in [0.25, 0.3) is 0 Å². The third-order valence-electron chi connectivity index (χ3n) is 3.60. The smallest absolute Gasteiger partial charge is 0.305 e. The standard InChI is InChI=1S/C14H20N4O3/c1-10(19)18-6-2-3-11(9-18)12-7-17-13(8-16-12)15-5-4-14(20)21/h7-8,11H,2-6,9H2,1H3,(H,15,17)(H,20,21)/t11-/m1/s1. The van der Waals surface area contributed by atoms with Crippen molar-refractivity contribution >= 4 is 17.7 Å². The molecule has 1 aliphatic heterocycles. The van der Waals surface area contributed by atoms with Gasteiger partial charge in [-0.1, -0.05) is 0 Å². The third kappa shape index (κ3) is 4.40. The third-order valence-corrected chi connectivity index (χ3v) is 3.60. The topological polar surface area (TPSA) is 95.4 Å². The number of carbonyl (C=O) groups is 2. The lowest BCUT2D eigenvalue weighted by Crippen LogP contribution is -2.37. The summed E-state index contributed by atoms with van der Waals surface area (Å²) < 4.78 is 0. The fraction of sp³-hybridized carbons (Fsp3) is 0.571. The van der Waals surface area contributed by atoms with Gasteiger partial charge in [0.15, 0.2) is 0 Å². The molecule has 2 heterocycles. The number of piperidine rings is 1. The number of anilines is 1. The zero-order chi connectivity index (χ0) is 15.2. The molecule has 0 radical (unpaired) electrons. The highest BCUT2D eigenvalue weighted by Gasteiger charge is 2.23. The van der Waals surface area contributed by atoms with Gasteiger partial charge in [-0.25, -0.2) is 4.98 Å². The van der Waals surface area contributed by atoms with Crippen molar-refractivity contribution in [2.24, 2.45) is 0 Å². The van der Waals surface area contributed by atoms with Crippen LogP contribution in [-0.2, 0) is 9.59 Å². The van der Waals surface area contributed by atoms with Crippen molar-refractivity contribution in [3.63, 3.8) is 0 Å². The van der Waals surface area contributed by atoms with Crippen molar-refractivity contribution < 1.29 is 14.7 Å². The molecule has 0 unspecified atom stereocenters. The molecule has 7 heteroatoms. The Balaban J connectivity index is 1.92. The number of nitrogens with zero attached hydrogens (tertiary/aromatic N) is 3. The van der Waals surface area contributed by atoms with Gasteiger partial charge in [0.2, 0.25) is 5.91 Å². The average Bonchev–Trinajstić information content (AvgIpc) is 2.48. The molecule has 0 aliphatic carbocycles. The van der Waals surface area contributed by atoms with E-state index in [1.54, 1.807) is 19.3 Å². The Labute approximate surface area is 123 Å². The first-order chi connectivity index (χ1) is 10.1. The Morgan fingerprint density at radius 1 is 1.43 bits per heavy atom. The molecule has 1 saturated heterocycles. The van der Waals surface area contributed by atoms with Gasteiger partial charge in [-0.2, -0.15) is 0 Å². The number of carbonyl (C=O) groups excluding carboxylic acids is 1. The van der Waals surface area contributed by atoms with E-state index >= 15 is 0 Å². The molecule has 7 nitrogen and oxygen atoms in total. The summed E-state index contributed by atoms with van der Waals surface area (Å²) in [6, 6.07) is 0. The molecular weight excluding hydrogens is 272 g/mol. The van der Waals surface area contributed by atoms with Crippen molar-refractivity contribution in [2.75, 3.05) is 25.0 Å². The molecule has 1 aliphatic rings. The van der Waals surface area contributed by atoms with Gasteiger partial charge in [-0.05, 0) is 12.8 Å². The van der Waals surface area contributed by atoms with Crippen LogP contribution in [0.4, 0.5) is 5.82 Å². The fourth-order valence-electron chi connectivity index (χ4n) is 2.44. The lowest BCUT2D eigenvalue weighted by molar-refractivity contribution is -0.136. The molecule has 1 atom stereocenters. The molecule has 114 valence electrons. The number of hydrogen-bond donors (Lipinski definition) is 2. The quantitative estimate of drug-likeness (QED) is 0.843. The molecule has 2 rings (SSSR count). The molecule has 0 bridgehead atoms. The maximum Gasteiger partial charge on any atom is 0.305 e. The lowest BCUT2D eigenvalue weighted by atomic mass is 9.95. The predicted octanol–water partition coefficient (Wildman–Crippen LogP) is 1.09. The van der Waals surface area contributed by atoms with Gasteiger partial charge < -0.3 is 15.3 Å². The van der Waals surface area contributed by atoms with E-state index in [9.17, 15) is 9.59 Å². The molecular formula is C14H20N4O3. The number of carboxylic acid groups (broad SMARTS) is 1. The first-order valence-corrected chi connectivity index (χ1v) is 7.09. The van der Waals surface area contributed by atoms with E-state index in [1.807, 2.05) is 4.90 Å². The van der Waals surface area contributed by atoms with Crippen LogP contribution in [0.15, 0.2) is 12.4 Å². The monoisotopic (exact) mass is 292 g/mol. The van der Waals surface area contributed by atoms with Crippen molar-refractivity contribution in [3.8, 4) is 0 Å². The second-order valence-corrected chi connectivity index (χ2v) is 5.20. The highest BCUT2D eigenvalue weighted by molar-refractivity contribution is 5.73. The maximum atomic E-state index is 11.4. The Morgan fingerprint density at radius 3 is 2.86 bits per heavy atom. The summed E-state index contributed by atoms with van der Waals surface area (Å²) in [5.41, 5.74) is 0.879. The maximum absolute atomic E-state index is 11.4. The normalized spacial score (nSPS) is 18.3. The van der Waals surface area contributed by atoms with Crippen LogP contribution in [-0.4, -0.2) is 51.5 Å². The minimum atomic E-state index is -0.849. The highest BCUT2D eigenvalue weighted by Crippen LogP contribution is 2.25. The van der Waals surface area contributed by atoms with Crippen molar-refractivity contribution in [3.05, 3.63) is 18.1 Å². The summed E-state index contributed by atoms with van der Waals surface area (Å²) in [5.74, 6) is 0.0423. The van der Waals surface area contributed by atoms with Gasteiger partial charge in [-0.3, -0.25) is 14.6 Å². The van der Waals surface area contributed by atoms with Gasteiger partial charge >= 0.3 is 5.97 Å². The zero-order valence-corrected chi connectivity index (χ0v) is 12.1. The number of hydrogen-bond acceptors (Lipinski definition) is 5. The van der Waals surface area contributed by atoms with E-state index in [4.69, 9.17) is 5.11 Å². The van der Waals surface area contributed by atoms with Gasteiger partial charge in [0.05, 0.1) is 24.5 Å². The number of nitrogens with one attached hydrogen (secondary N) is 1. The van der Waals surface area contributed by atoms with Crippen molar-refractivity contribution in [1.82, 2.24) is 14.9 Å². The Morgan fingerprint density at radius 2 is 2.24 bits per heavy atom. The Hall–Kier alpha value is -2.18. The summed E-state index contributed by atoms with van der Waals surface area (Å²) in [6.45, 7) is 3.42. The minimum absolute atomic E-state index is 0.0413. The molecule has 21 heavy (non-hydrogen) atoms. The number of amides is 1. The van der Waals surface area contributed by atoms with E-state index in [-0.39, 0.29) is 18.2 Å². The van der Waals surface area contributed by atoms with E-state index in [2.05, 4.69) is 15.3 Å². The van der Waals surface area contributed by atoms with Crippen LogP contribution in [0.1, 0.15) is 37.8 Å². The summed E-state index contributed by atoms with van der Waals surface area (Å²) >= 11 is 0. The van der Waals surface area contributed by atoms with E-state index < -0.39 is 5.97 Å². The molecule has 1 amide bonds. The molecule has 2 N–H and O–H groups in total. The minimum Gasteiger partial charge on any atom is -0.481 e. The van der Waals surface area contributed by atoms with Crippen LogP contribution < -0.4 is 5.32 Å². The van der Waals surface area contributed by atoms with Crippen molar-refractivity contribution in [1.29, 1.82) is 0 Å². The predicted molar refractivity (Wildman–Crippen MR) is 77.0 cm³/mol. The lowest BCUT2D eigenvalue weighted by Gasteiger charge is -2.31. The zero-order valence-electron chi connectivity index (χ0n) is 12.1. The van der Waals surface area contributed by atoms with Crippen LogP contribution >= 0.6 is 0 Å².